The first-order chi connectivity index (χ1) is 28.0. The zero-order valence-electron chi connectivity index (χ0n) is 37.3. The predicted octanol–water partition coefficient (Wildman–Crippen LogP) is 15.3. The van der Waals surface area contributed by atoms with Crippen LogP contribution in [0, 0.1) is 0 Å². The van der Waals surface area contributed by atoms with Crippen molar-refractivity contribution in [1.82, 2.24) is 0 Å². The largest absolute Gasteiger partial charge is 0.462 e. The minimum Gasteiger partial charge on any atom is -0.462 e. The number of unbranched alkanes of at least 4 members (excludes halogenated alkanes) is 21. The average Bonchev–Trinajstić information content (AvgIpc) is 3.21. The van der Waals surface area contributed by atoms with E-state index >= 15 is 0 Å². The van der Waals surface area contributed by atoms with E-state index in [-0.39, 0.29) is 31.6 Å². The van der Waals surface area contributed by atoms with E-state index in [9.17, 15) is 14.4 Å². The molecule has 1 unspecified atom stereocenters. The summed E-state index contributed by atoms with van der Waals surface area (Å²) in [6, 6.07) is 0. The van der Waals surface area contributed by atoms with E-state index in [4.69, 9.17) is 14.2 Å². The lowest BCUT2D eigenvalue weighted by atomic mass is 10.1. The van der Waals surface area contributed by atoms with Crippen molar-refractivity contribution in [1.29, 1.82) is 0 Å². The second kappa shape index (κ2) is 45.8. The van der Waals surface area contributed by atoms with Crippen LogP contribution in [0.5, 0.6) is 0 Å². The highest BCUT2D eigenvalue weighted by Gasteiger charge is 2.19. The molecule has 0 aromatic rings. The molecule has 0 radical (unpaired) electrons. The van der Waals surface area contributed by atoms with Gasteiger partial charge in [-0.05, 0) is 70.6 Å². The number of esters is 3. The molecular weight excluding hydrogens is 709 g/mol. The lowest BCUT2D eigenvalue weighted by Crippen LogP contribution is -2.30. The fourth-order valence-corrected chi connectivity index (χ4v) is 6.45. The molecule has 6 nitrogen and oxygen atoms in total. The smallest absolute Gasteiger partial charge is 0.306 e. The van der Waals surface area contributed by atoms with Crippen molar-refractivity contribution in [2.45, 2.75) is 232 Å². The van der Waals surface area contributed by atoms with Gasteiger partial charge < -0.3 is 14.2 Å². The molecule has 0 spiro atoms. The number of hydrogen-bond donors (Lipinski definition) is 0. The standard InChI is InChI=1S/C51H88O6/c1-4-7-10-13-15-17-19-21-22-23-24-25-26-27-28-30-31-33-35-38-41-44-50(53)56-47-48(46-55-49(52)43-40-37-12-9-6-3)57-51(54)45-42-39-36-34-32-29-20-18-16-14-11-8-5-2/h8,11,16,18,23-24,29,32,36,39,48H,4-7,9-10,12-15,17,19-22,25-28,30-31,33-35,37-38,40-47H2,1-3H3/b11-8-,18-16-,24-23-,32-29-,39-36-. The minimum atomic E-state index is -0.807. The van der Waals surface area contributed by atoms with Crippen LogP contribution >= 0.6 is 0 Å². The topological polar surface area (TPSA) is 78.9 Å². The number of carbonyl (C=O) groups is 3. The van der Waals surface area contributed by atoms with Crippen LogP contribution < -0.4 is 0 Å². The molecule has 0 heterocycles. The quantitative estimate of drug-likeness (QED) is 0.0265. The van der Waals surface area contributed by atoms with Crippen molar-refractivity contribution >= 4 is 17.9 Å². The number of hydrogen-bond acceptors (Lipinski definition) is 6. The summed E-state index contributed by atoms with van der Waals surface area (Å²) in [7, 11) is 0. The maximum atomic E-state index is 12.6. The van der Waals surface area contributed by atoms with Gasteiger partial charge >= 0.3 is 17.9 Å². The van der Waals surface area contributed by atoms with Gasteiger partial charge in [-0.3, -0.25) is 14.4 Å². The number of rotatable bonds is 42. The third kappa shape index (κ3) is 44.1. The third-order valence-corrected chi connectivity index (χ3v) is 10.0. The van der Waals surface area contributed by atoms with Gasteiger partial charge in [-0.15, -0.1) is 0 Å². The van der Waals surface area contributed by atoms with Crippen LogP contribution in [0.4, 0.5) is 0 Å². The van der Waals surface area contributed by atoms with Gasteiger partial charge in [-0.2, -0.15) is 0 Å². The van der Waals surface area contributed by atoms with E-state index in [2.05, 4.69) is 69.4 Å². The molecule has 0 aromatic carbocycles. The van der Waals surface area contributed by atoms with Gasteiger partial charge in [-0.1, -0.05) is 197 Å². The molecule has 1 atom stereocenters. The van der Waals surface area contributed by atoms with Crippen molar-refractivity contribution in [2.75, 3.05) is 13.2 Å². The maximum absolute atomic E-state index is 12.6. The fraction of sp³-hybridized carbons (Fsp3) is 0.745. The Morgan fingerprint density at radius 2 is 0.719 bits per heavy atom. The molecule has 328 valence electrons. The van der Waals surface area contributed by atoms with Crippen molar-refractivity contribution < 1.29 is 28.6 Å². The molecule has 0 bridgehead atoms. The Labute approximate surface area is 351 Å². The van der Waals surface area contributed by atoms with E-state index < -0.39 is 12.1 Å². The van der Waals surface area contributed by atoms with Crippen LogP contribution in [0.3, 0.4) is 0 Å². The first-order valence-corrected chi connectivity index (χ1v) is 23.8. The van der Waals surface area contributed by atoms with Crippen molar-refractivity contribution in [3.05, 3.63) is 60.8 Å². The van der Waals surface area contributed by atoms with Gasteiger partial charge in [0.1, 0.15) is 13.2 Å². The molecule has 0 aromatic heterocycles. The zero-order valence-corrected chi connectivity index (χ0v) is 37.3. The molecule has 0 aliphatic rings. The van der Waals surface area contributed by atoms with Gasteiger partial charge in [-0.25, -0.2) is 0 Å². The number of ether oxygens (including phenoxy) is 3. The van der Waals surface area contributed by atoms with Gasteiger partial charge in [0.25, 0.3) is 0 Å². The molecule has 0 N–H and O–H groups in total. The highest BCUT2D eigenvalue weighted by atomic mass is 16.6. The molecule has 0 rings (SSSR count). The average molecular weight is 797 g/mol. The summed E-state index contributed by atoms with van der Waals surface area (Å²) in [5, 5.41) is 0. The Hall–Kier alpha value is -2.89. The third-order valence-electron chi connectivity index (χ3n) is 10.0. The summed E-state index contributed by atoms with van der Waals surface area (Å²) >= 11 is 0. The maximum Gasteiger partial charge on any atom is 0.306 e. The Morgan fingerprint density at radius 1 is 0.368 bits per heavy atom. The number of allylic oxidation sites excluding steroid dienone is 10. The molecular formula is C51H88O6. The summed E-state index contributed by atoms with van der Waals surface area (Å²) in [4.78, 5) is 37.5. The zero-order chi connectivity index (χ0) is 41.5. The Kier molecular flexibility index (Phi) is 43.5. The monoisotopic (exact) mass is 797 g/mol. The van der Waals surface area contributed by atoms with E-state index in [0.717, 1.165) is 77.0 Å². The molecule has 6 heteroatoms. The van der Waals surface area contributed by atoms with E-state index in [1.807, 2.05) is 12.2 Å². The Morgan fingerprint density at radius 3 is 1.14 bits per heavy atom. The van der Waals surface area contributed by atoms with Gasteiger partial charge in [0.15, 0.2) is 6.10 Å². The molecule has 0 saturated carbocycles. The fourth-order valence-electron chi connectivity index (χ4n) is 6.45. The predicted molar refractivity (Wildman–Crippen MR) is 242 cm³/mol. The summed E-state index contributed by atoms with van der Waals surface area (Å²) in [5.74, 6) is -1.00. The van der Waals surface area contributed by atoms with E-state index in [1.54, 1.807) is 0 Å². The molecule has 0 aliphatic heterocycles. The molecule has 0 saturated heterocycles. The Bertz CT molecular complexity index is 1050. The summed E-state index contributed by atoms with van der Waals surface area (Å²) in [6.07, 6.45) is 55.5. The lowest BCUT2D eigenvalue weighted by Gasteiger charge is -2.18. The normalized spacial score (nSPS) is 12.5. The van der Waals surface area contributed by atoms with Crippen LogP contribution in [0.1, 0.15) is 226 Å². The van der Waals surface area contributed by atoms with Gasteiger partial charge in [0, 0.05) is 19.3 Å². The Balaban J connectivity index is 4.21. The SMILES string of the molecule is CC/C=C\C/C=C\C/C=C\C/C=C\CCC(=O)OC(COC(=O)CCCCCCC)COC(=O)CCCCCCCCCCC/C=C\CCCCCCCCCC. The van der Waals surface area contributed by atoms with Crippen LogP contribution in [0.15, 0.2) is 60.8 Å². The van der Waals surface area contributed by atoms with E-state index in [0.29, 0.717) is 19.3 Å². The summed E-state index contributed by atoms with van der Waals surface area (Å²) in [6.45, 7) is 6.36. The van der Waals surface area contributed by atoms with E-state index in [1.165, 1.54) is 103 Å². The van der Waals surface area contributed by atoms with Crippen LogP contribution in [0.25, 0.3) is 0 Å². The van der Waals surface area contributed by atoms with Gasteiger partial charge in [0.2, 0.25) is 0 Å². The van der Waals surface area contributed by atoms with Crippen LogP contribution in [-0.2, 0) is 28.6 Å². The van der Waals surface area contributed by atoms with Gasteiger partial charge in [0.05, 0.1) is 0 Å². The molecule has 0 amide bonds. The van der Waals surface area contributed by atoms with Crippen LogP contribution in [0.2, 0.25) is 0 Å². The van der Waals surface area contributed by atoms with Crippen LogP contribution in [-0.4, -0.2) is 37.2 Å². The number of carbonyl (C=O) groups excluding carboxylic acids is 3. The minimum absolute atomic E-state index is 0.104. The second-order valence-electron chi connectivity index (χ2n) is 15.6. The first-order valence-electron chi connectivity index (χ1n) is 23.8. The lowest BCUT2D eigenvalue weighted by molar-refractivity contribution is -0.166. The van der Waals surface area contributed by atoms with Crippen molar-refractivity contribution in [2.24, 2.45) is 0 Å². The second-order valence-corrected chi connectivity index (χ2v) is 15.6. The summed E-state index contributed by atoms with van der Waals surface area (Å²) < 4.78 is 16.5. The highest BCUT2D eigenvalue weighted by molar-refractivity contribution is 5.71. The van der Waals surface area contributed by atoms with Crippen molar-refractivity contribution in [3.63, 3.8) is 0 Å². The molecule has 0 aliphatic carbocycles. The molecule has 57 heavy (non-hydrogen) atoms. The highest BCUT2D eigenvalue weighted by Crippen LogP contribution is 2.14. The first kappa shape index (κ1) is 54.1. The summed E-state index contributed by atoms with van der Waals surface area (Å²) in [5.41, 5.74) is 0. The van der Waals surface area contributed by atoms with Crippen molar-refractivity contribution in [3.8, 4) is 0 Å². The molecule has 0 fully saturated rings.